The quantitative estimate of drug-likeness (QED) is 0.712. The van der Waals surface area contributed by atoms with Gasteiger partial charge in [0, 0.05) is 17.7 Å². The second-order valence-electron chi connectivity index (χ2n) is 6.64. The van der Waals surface area contributed by atoms with E-state index in [9.17, 15) is 0 Å². The summed E-state index contributed by atoms with van der Waals surface area (Å²) >= 11 is 0. The summed E-state index contributed by atoms with van der Waals surface area (Å²) in [5.41, 5.74) is 5.74. The van der Waals surface area contributed by atoms with E-state index in [1.165, 1.54) is 43.5 Å². The van der Waals surface area contributed by atoms with E-state index in [1.807, 2.05) is 6.92 Å². The van der Waals surface area contributed by atoms with Crippen molar-refractivity contribution < 1.29 is 0 Å². The van der Waals surface area contributed by atoms with Crippen molar-refractivity contribution in [2.24, 2.45) is 0 Å². The molecule has 0 N–H and O–H groups in total. The van der Waals surface area contributed by atoms with Gasteiger partial charge >= 0.3 is 0 Å². The van der Waals surface area contributed by atoms with Crippen molar-refractivity contribution in [2.75, 3.05) is 13.1 Å². The van der Waals surface area contributed by atoms with E-state index in [0.717, 1.165) is 23.2 Å². The van der Waals surface area contributed by atoms with Crippen LogP contribution < -0.4 is 0 Å². The maximum absolute atomic E-state index is 3.96. The van der Waals surface area contributed by atoms with Crippen molar-refractivity contribution in [2.45, 2.75) is 32.7 Å². The van der Waals surface area contributed by atoms with E-state index in [-0.39, 0.29) is 0 Å². The van der Waals surface area contributed by atoms with E-state index in [2.05, 4.69) is 71.9 Å². The molecule has 1 nitrogen and oxygen atoms in total. The normalized spacial score (nSPS) is 14.7. The Labute approximate surface area is 146 Å². The van der Waals surface area contributed by atoms with Crippen LogP contribution >= 0.6 is 0 Å². The Bertz CT molecular complexity index is 735. The third kappa shape index (κ3) is 4.60. The number of likely N-dealkylation sites (tertiary alicyclic amines) is 1. The summed E-state index contributed by atoms with van der Waals surface area (Å²) in [5.74, 6) is 6.49. The third-order valence-corrected chi connectivity index (χ3v) is 4.54. The maximum Gasteiger partial charge on any atom is 0.0249 e. The molecule has 3 rings (SSSR count). The first kappa shape index (κ1) is 16.6. The molecule has 0 radical (unpaired) electrons. The molecule has 0 aromatic heterocycles. The molecular formula is C23H25N. The Kier molecular flexibility index (Phi) is 5.51. The fourth-order valence-electron chi connectivity index (χ4n) is 3.05. The van der Waals surface area contributed by atoms with Crippen LogP contribution in [0.15, 0.2) is 55.1 Å². The van der Waals surface area contributed by atoms with Gasteiger partial charge in [0.05, 0.1) is 0 Å². The SMILES string of the molecule is C=C(C)c1ccc(C#Cc2ccc(CN3CCCCC3)cc2)cc1. The lowest BCUT2D eigenvalue weighted by Crippen LogP contribution is -2.29. The van der Waals surface area contributed by atoms with Crippen LogP contribution in [-0.4, -0.2) is 18.0 Å². The van der Waals surface area contributed by atoms with Crippen LogP contribution in [0.3, 0.4) is 0 Å². The predicted octanol–water partition coefficient (Wildman–Crippen LogP) is 5.11. The molecule has 0 unspecified atom stereocenters. The Hall–Kier alpha value is -2.30. The minimum atomic E-state index is 1.04. The third-order valence-electron chi connectivity index (χ3n) is 4.54. The number of piperidine rings is 1. The van der Waals surface area contributed by atoms with Gasteiger partial charge < -0.3 is 0 Å². The summed E-state index contributed by atoms with van der Waals surface area (Å²) in [4.78, 5) is 2.55. The van der Waals surface area contributed by atoms with Crippen molar-refractivity contribution >= 4 is 5.57 Å². The molecular weight excluding hydrogens is 290 g/mol. The van der Waals surface area contributed by atoms with Gasteiger partial charge in [0.2, 0.25) is 0 Å². The number of allylic oxidation sites excluding steroid dienone is 1. The van der Waals surface area contributed by atoms with Crippen LogP contribution in [0.25, 0.3) is 5.57 Å². The number of hydrogen-bond donors (Lipinski definition) is 0. The molecule has 24 heavy (non-hydrogen) atoms. The van der Waals surface area contributed by atoms with Gasteiger partial charge in [-0.3, -0.25) is 4.90 Å². The van der Waals surface area contributed by atoms with Crippen LogP contribution in [0.5, 0.6) is 0 Å². The summed E-state index contributed by atoms with van der Waals surface area (Å²) in [7, 11) is 0. The standard InChI is InChI=1S/C23H25N/c1-19(2)23-14-12-21(13-15-23)7-6-20-8-10-22(11-9-20)18-24-16-4-3-5-17-24/h8-15H,1,3-5,16-18H2,2H3. The van der Waals surface area contributed by atoms with Crippen molar-refractivity contribution in [1.82, 2.24) is 4.90 Å². The highest BCUT2D eigenvalue weighted by molar-refractivity contribution is 5.62. The topological polar surface area (TPSA) is 3.24 Å². The summed E-state index contributed by atoms with van der Waals surface area (Å²) in [5, 5.41) is 0. The van der Waals surface area contributed by atoms with Crippen LogP contribution in [0, 0.1) is 11.8 Å². The number of nitrogens with zero attached hydrogens (tertiary/aromatic N) is 1. The van der Waals surface area contributed by atoms with Gasteiger partial charge in [-0.25, -0.2) is 0 Å². The van der Waals surface area contributed by atoms with Crippen molar-refractivity contribution in [3.63, 3.8) is 0 Å². The zero-order valence-corrected chi connectivity index (χ0v) is 14.5. The molecule has 0 spiro atoms. The van der Waals surface area contributed by atoms with Crippen molar-refractivity contribution in [3.05, 3.63) is 77.4 Å². The van der Waals surface area contributed by atoms with Gasteiger partial charge in [0.25, 0.3) is 0 Å². The molecule has 1 aliphatic rings. The molecule has 0 bridgehead atoms. The summed E-state index contributed by atoms with van der Waals surface area (Å²) < 4.78 is 0. The second kappa shape index (κ2) is 7.99. The van der Waals surface area contributed by atoms with Gasteiger partial charge in [0.1, 0.15) is 0 Å². The molecule has 2 aromatic rings. The van der Waals surface area contributed by atoms with Gasteiger partial charge in [-0.1, -0.05) is 54.7 Å². The molecule has 1 aliphatic heterocycles. The first-order chi connectivity index (χ1) is 11.7. The first-order valence-electron chi connectivity index (χ1n) is 8.80. The van der Waals surface area contributed by atoms with E-state index < -0.39 is 0 Å². The minimum absolute atomic E-state index is 1.04. The number of hydrogen-bond acceptors (Lipinski definition) is 1. The monoisotopic (exact) mass is 315 g/mol. The number of benzene rings is 2. The van der Waals surface area contributed by atoms with Gasteiger partial charge in [-0.05, 0) is 68.2 Å². The van der Waals surface area contributed by atoms with E-state index in [4.69, 9.17) is 0 Å². The fraction of sp³-hybridized carbons (Fsp3) is 0.304. The molecule has 1 heteroatoms. The lowest BCUT2D eigenvalue weighted by molar-refractivity contribution is 0.221. The molecule has 1 fully saturated rings. The van der Waals surface area contributed by atoms with Crippen molar-refractivity contribution in [1.29, 1.82) is 0 Å². The van der Waals surface area contributed by atoms with Crippen LogP contribution in [0.1, 0.15) is 48.4 Å². The highest BCUT2D eigenvalue weighted by Crippen LogP contribution is 2.14. The van der Waals surface area contributed by atoms with Gasteiger partial charge in [-0.2, -0.15) is 0 Å². The summed E-state index contributed by atoms with van der Waals surface area (Å²) in [6.07, 6.45) is 4.07. The molecule has 0 atom stereocenters. The summed E-state index contributed by atoms with van der Waals surface area (Å²) in [6, 6.07) is 17.0. The Morgan fingerprint density at radius 1 is 0.875 bits per heavy atom. The predicted molar refractivity (Wildman–Crippen MR) is 103 cm³/mol. The lowest BCUT2D eigenvalue weighted by Gasteiger charge is -2.26. The lowest BCUT2D eigenvalue weighted by atomic mass is 10.1. The average Bonchev–Trinajstić information content (AvgIpc) is 2.62. The summed E-state index contributed by atoms with van der Waals surface area (Å²) in [6.45, 7) is 9.52. The van der Waals surface area contributed by atoms with E-state index >= 15 is 0 Å². The first-order valence-corrected chi connectivity index (χ1v) is 8.80. The Morgan fingerprint density at radius 2 is 1.42 bits per heavy atom. The molecule has 0 amide bonds. The van der Waals surface area contributed by atoms with Crippen molar-refractivity contribution in [3.8, 4) is 11.8 Å². The zero-order chi connectivity index (χ0) is 16.8. The molecule has 2 aromatic carbocycles. The minimum Gasteiger partial charge on any atom is -0.299 e. The van der Waals surface area contributed by atoms with E-state index in [0.29, 0.717) is 0 Å². The van der Waals surface area contributed by atoms with Gasteiger partial charge in [-0.15, -0.1) is 0 Å². The molecule has 0 saturated carbocycles. The van der Waals surface area contributed by atoms with Crippen LogP contribution in [0.4, 0.5) is 0 Å². The molecule has 1 saturated heterocycles. The maximum atomic E-state index is 3.96. The largest absolute Gasteiger partial charge is 0.299 e. The average molecular weight is 315 g/mol. The highest BCUT2D eigenvalue weighted by atomic mass is 15.1. The van der Waals surface area contributed by atoms with Crippen LogP contribution in [0.2, 0.25) is 0 Å². The Balaban J connectivity index is 1.62. The molecule has 122 valence electrons. The highest BCUT2D eigenvalue weighted by Gasteiger charge is 2.09. The molecule has 0 aliphatic carbocycles. The van der Waals surface area contributed by atoms with Crippen LogP contribution in [-0.2, 0) is 6.54 Å². The molecule has 1 heterocycles. The van der Waals surface area contributed by atoms with Gasteiger partial charge in [0.15, 0.2) is 0 Å². The van der Waals surface area contributed by atoms with E-state index in [1.54, 1.807) is 0 Å². The number of rotatable bonds is 3. The fourth-order valence-corrected chi connectivity index (χ4v) is 3.05. The second-order valence-corrected chi connectivity index (χ2v) is 6.64. The smallest absolute Gasteiger partial charge is 0.0249 e. The zero-order valence-electron chi connectivity index (χ0n) is 14.5. The Morgan fingerprint density at radius 3 is 1.96 bits per heavy atom.